The molecule has 22 heavy (non-hydrogen) atoms. The van der Waals surface area contributed by atoms with Gasteiger partial charge in [0.2, 0.25) is 10.0 Å². The summed E-state index contributed by atoms with van der Waals surface area (Å²) in [6.07, 6.45) is 2.36. The second-order valence-corrected chi connectivity index (χ2v) is 7.52. The first kappa shape index (κ1) is 15.4. The summed E-state index contributed by atoms with van der Waals surface area (Å²) in [4.78, 5) is 3.93. The first-order valence-corrected chi connectivity index (χ1v) is 8.66. The predicted octanol–water partition coefficient (Wildman–Crippen LogP) is 3.05. The number of rotatable bonds is 3. The second-order valence-electron chi connectivity index (χ2n) is 5.18. The molecule has 1 aromatic heterocycles. The highest BCUT2D eigenvalue weighted by Gasteiger charge is 2.35. The fraction of sp³-hybridized carbons (Fsp3) is 0.267. The molecule has 2 aromatic rings. The van der Waals surface area contributed by atoms with Crippen LogP contribution in [0, 0.1) is 5.82 Å². The van der Waals surface area contributed by atoms with Crippen molar-refractivity contribution in [1.82, 2.24) is 9.29 Å². The van der Waals surface area contributed by atoms with Crippen LogP contribution in [0.1, 0.15) is 18.0 Å². The zero-order chi connectivity index (χ0) is 15.7. The van der Waals surface area contributed by atoms with Gasteiger partial charge in [-0.2, -0.15) is 4.31 Å². The Balaban J connectivity index is 1.85. The molecule has 0 radical (unpaired) electrons. The summed E-state index contributed by atoms with van der Waals surface area (Å²) < 4.78 is 40.4. The summed E-state index contributed by atoms with van der Waals surface area (Å²) >= 11 is 5.67. The molecule has 1 aromatic carbocycles. The Morgan fingerprint density at radius 3 is 2.77 bits per heavy atom. The summed E-state index contributed by atoms with van der Waals surface area (Å²) in [7, 11) is -3.86. The van der Waals surface area contributed by atoms with E-state index in [1.54, 1.807) is 6.20 Å². The third-order valence-corrected chi connectivity index (χ3v) is 5.90. The number of aromatic nitrogens is 1. The van der Waals surface area contributed by atoms with Crippen molar-refractivity contribution in [3.63, 3.8) is 0 Å². The standard InChI is InChI=1S/C15H14ClFN2O2S/c16-12-4-5-15(13(17)9-12)22(20,21)19-8-6-11(10-19)14-3-1-2-7-18-14/h1-5,7,9,11H,6,8,10H2. The summed E-state index contributed by atoms with van der Waals surface area (Å²) in [6.45, 7) is 0.660. The minimum Gasteiger partial charge on any atom is -0.261 e. The number of benzene rings is 1. The third-order valence-electron chi connectivity index (χ3n) is 3.77. The Kier molecular flexibility index (Phi) is 4.16. The molecule has 1 aliphatic heterocycles. The molecule has 0 amide bonds. The summed E-state index contributed by atoms with van der Waals surface area (Å²) in [5.74, 6) is -0.792. The molecule has 1 aliphatic rings. The average molecular weight is 341 g/mol. The molecule has 116 valence electrons. The molecule has 0 bridgehead atoms. The highest BCUT2D eigenvalue weighted by molar-refractivity contribution is 7.89. The van der Waals surface area contributed by atoms with Crippen molar-refractivity contribution in [3.8, 4) is 0 Å². The predicted molar refractivity (Wildman–Crippen MR) is 81.8 cm³/mol. The van der Waals surface area contributed by atoms with Gasteiger partial charge in [0, 0.05) is 35.9 Å². The quantitative estimate of drug-likeness (QED) is 0.863. The SMILES string of the molecule is O=S(=O)(c1ccc(Cl)cc1F)N1CCC(c2ccccn2)C1. The summed E-state index contributed by atoms with van der Waals surface area (Å²) in [5.41, 5.74) is 0.858. The van der Waals surface area contributed by atoms with Gasteiger partial charge in [-0.1, -0.05) is 17.7 Å². The molecule has 1 fully saturated rings. The highest BCUT2D eigenvalue weighted by Crippen LogP contribution is 2.31. The van der Waals surface area contributed by atoms with Crippen LogP contribution in [0.5, 0.6) is 0 Å². The van der Waals surface area contributed by atoms with Gasteiger partial charge >= 0.3 is 0 Å². The van der Waals surface area contributed by atoms with Gasteiger partial charge in [0.05, 0.1) is 0 Å². The summed E-state index contributed by atoms with van der Waals surface area (Å²) in [5, 5.41) is 0.171. The Bertz CT molecular complexity index is 783. The van der Waals surface area contributed by atoms with E-state index in [1.807, 2.05) is 18.2 Å². The lowest BCUT2D eigenvalue weighted by Gasteiger charge is -2.17. The zero-order valence-electron chi connectivity index (χ0n) is 11.6. The van der Waals surface area contributed by atoms with E-state index in [9.17, 15) is 12.8 Å². The third kappa shape index (κ3) is 2.86. The molecule has 1 saturated heterocycles. The van der Waals surface area contributed by atoms with Gasteiger partial charge in [0.25, 0.3) is 0 Å². The van der Waals surface area contributed by atoms with E-state index in [1.165, 1.54) is 16.4 Å². The fourth-order valence-corrected chi connectivity index (χ4v) is 4.33. The number of nitrogens with zero attached hydrogens (tertiary/aromatic N) is 2. The lowest BCUT2D eigenvalue weighted by Crippen LogP contribution is -2.29. The molecular weight excluding hydrogens is 327 g/mol. The normalized spacial score (nSPS) is 19.5. The Labute approximate surface area is 133 Å². The minimum absolute atomic E-state index is 0.0336. The maximum atomic E-state index is 13.9. The maximum Gasteiger partial charge on any atom is 0.246 e. The van der Waals surface area contributed by atoms with Gasteiger partial charge in [0.1, 0.15) is 10.7 Å². The van der Waals surface area contributed by atoms with Crippen LogP contribution in [0.3, 0.4) is 0 Å². The molecule has 3 rings (SSSR count). The van der Waals surface area contributed by atoms with Crippen LogP contribution in [0.2, 0.25) is 5.02 Å². The topological polar surface area (TPSA) is 50.3 Å². The van der Waals surface area contributed by atoms with Crippen LogP contribution in [0.15, 0.2) is 47.5 Å². The fourth-order valence-electron chi connectivity index (χ4n) is 2.63. The monoisotopic (exact) mass is 340 g/mol. The molecular formula is C15H14ClFN2O2S. The molecule has 0 aliphatic carbocycles. The first-order valence-electron chi connectivity index (χ1n) is 6.84. The minimum atomic E-state index is -3.86. The zero-order valence-corrected chi connectivity index (χ0v) is 13.2. The van der Waals surface area contributed by atoms with Gasteiger partial charge in [-0.15, -0.1) is 0 Å². The van der Waals surface area contributed by atoms with E-state index < -0.39 is 15.8 Å². The number of halogens is 2. The van der Waals surface area contributed by atoms with E-state index in [0.29, 0.717) is 19.5 Å². The highest BCUT2D eigenvalue weighted by atomic mass is 35.5. The van der Waals surface area contributed by atoms with E-state index in [-0.39, 0.29) is 15.8 Å². The van der Waals surface area contributed by atoms with Crippen LogP contribution in [-0.2, 0) is 10.0 Å². The van der Waals surface area contributed by atoms with Gasteiger partial charge in [0.15, 0.2) is 0 Å². The van der Waals surface area contributed by atoms with Crippen molar-refractivity contribution in [3.05, 3.63) is 59.1 Å². The molecule has 0 saturated carbocycles. The van der Waals surface area contributed by atoms with Crippen molar-refractivity contribution in [2.75, 3.05) is 13.1 Å². The largest absolute Gasteiger partial charge is 0.261 e. The Morgan fingerprint density at radius 1 is 1.27 bits per heavy atom. The molecule has 4 nitrogen and oxygen atoms in total. The van der Waals surface area contributed by atoms with Crippen molar-refractivity contribution in [2.24, 2.45) is 0 Å². The van der Waals surface area contributed by atoms with Crippen LogP contribution in [0.25, 0.3) is 0 Å². The molecule has 0 N–H and O–H groups in total. The number of sulfonamides is 1. The van der Waals surface area contributed by atoms with Crippen molar-refractivity contribution in [2.45, 2.75) is 17.2 Å². The van der Waals surface area contributed by atoms with Gasteiger partial charge in [-0.05, 0) is 36.8 Å². The second kappa shape index (κ2) is 5.95. The molecule has 7 heteroatoms. The number of hydrogen-bond acceptors (Lipinski definition) is 3. The number of pyridine rings is 1. The van der Waals surface area contributed by atoms with Gasteiger partial charge < -0.3 is 0 Å². The van der Waals surface area contributed by atoms with E-state index in [2.05, 4.69) is 4.98 Å². The smallest absolute Gasteiger partial charge is 0.246 e. The molecule has 1 atom stereocenters. The summed E-state index contributed by atoms with van der Waals surface area (Å²) in [6, 6.07) is 9.17. The lowest BCUT2D eigenvalue weighted by molar-refractivity contribution is 0.465. The Morgan fingerprint density at radius 2 is 2.09 bits per heavy atom. The van der Waals surface area contributed by atoms with Gasteiger partial charge in [-0.25, -0.2) is 12.8 Å². The van der Waals surface area contributed by atoms with E-state index >= 15 is 0 Å². The van der Waals surface area contributed by atoms with E-state index in [4.69, 9.17) is 11.6 Å². The van der Waals surface area contributed by atoms with Crippen LogP contribution < -0.4 is 0 Å². The van der Waals surface area contributed by atoms with Crippen LogP contribution >= 0.6 is 11.6 Å². The maximum absolute atomic E-state index is 13.9. The number of hydrogen-bond donors (Lipinski definition) is 0. The first-order chi connectivity index (χ1) is 10.5. The van der Waals surface area contributed by atoms with Crippen molar-refractivity contribution in [1.29, 1.82) is 0 Å². The van der Waals surface area contributed by atoms with Gasteiger partial charge in [-0.3, -0.25) is 4.98 Å². The van der Waals surface area contributed by atoms with Crippen molar-refractivity contribution < 1.29 is 12.8 Å². The molecule has 1 unspecified atom stereocenters. The Hall–Kier alpha value is -1.50. The molecule has 0 spiro atoms. The average Bonchev–Trinajstić information content (AvgIpc) is 2.98. The molecule has 2 heterocycles. The van der Waals surface area contributed by atoms with Crippen LogP contribution in [0.4, 0.5) is 4.39 Å². The lowest BCUT2D eigenvalue weighted by atomic mass is 10.0. The van der Waals surface area contributed by atoms with Crippen molar-refractivity contribution >= 4 is 21.6 Å². The van der Waals surface area contributed by atoms with Crippen LogP contribution in [-0.4, -0.2) is 30.8 Å². The van der Waals surface area contributed by atoms with E-state index in [0.717, 1.165) is 11.8 Å².